The molecule has 0 aliphatic carbocycles. The number of rotatable bonds is 4. The van der Waals surface area contributed by atoms with Crippen LogP contribution in [0.1, 0.15) is 29.7 Å². The van der Waals surface area contributed by atoms with Crippen molar-refractivity contribution in [2.45, 2.75) is 19.6 Å². The molecule has 5 heteroatoms. The summed E-state index contributed by atoms with van der Waals surface area (Å²) in [4.78, 5) is 0. The Morgan fingerprint density at radius 1 is 1.33 bits per heavy atom. The molecule has 0 saturated carbocycles. The van der Waals surface area contributed by atoms with E-state index in [0.29, 0.717) is 16.9 Å². The highest BCUT2D eigenvalue weighted by atomic mass is 79.9. The molecule has 0 spiro atoms. The number of nitriles is 1. The number of hydrogen-bond donors (Lipinski definition) is 1. The van der Waals surface area contributed by atoms with Crippen LogP contribution in [-0.4, -0.2) is 0 Å². The van der Waals surface area contributed by atoms with Crippen LogP contribution in [-0.2, 0) is 6.61 Å². The Balaban J connectivity index is 2.25. The van der Waals surface area contributed by atoms with Crippen LogP contribution in [0.3, 0.4) is 0 Å². The van der Waals surface area contributed by atoms with Gasteiger partial charge in [-0.3, -0.25) is 0 Å². The van der Waals surface area contributed by atoms with Gasteiger partial charge in [-0.25, -0.2) is 4.39 Å². The molecular weight excluding hydrogens is 335 g/mol. The van der Waals surface area contributed by atoms with Crippen LogP contribution >= 0.6 is 15.9 Å². The molecular formula is C16H14BrFN2O. The Morgan fingerprint density at radius 2 is 2.10 bits per heavy atom. The topological polar surface area (TPSA) is 59.0 Å². The van der Waals surface area contributed by atoms with Gasteiger partial charge >= 0.3 is 0 Å². The lowest BCUT2D eigenvalue weighted by Crippen LogP contribution is -2.08. The number of nitrogens with zero attached hydrogens (tertiary/aromatic N) is 1. The van der Waals surface area contributed by atoms with Gasteiger partial charge in [-0.2, -0.15) is 5.26 Å². The number of benzene rings is 2. The van der Waals surface area contributed by atoms with E-state index in [4.69, 9.17) is 15.7 Å². The molecule has 0 radical (unpaired) electrons. The fourth-order valence-corrected chi connectivity index (χ4v) is 2.33. The standard InChI is InChI=1S/C16H14BrFN2O/c1-10(20)15-7-13(17)3-5-16(15)21-9-12-6-14(18)4-2-11(12)8-19/h2-7,10H,9,20H2,1H3/t10-/m1/s1. The number of hydrogen-bond acceptors (Lipinski definition) is 3. The summed E-state index contributed by atoms with van der Waals surface area (Å²) >= 11 is 3.39. The Kier molecular flexibility index (Phi) is 4.94. The van der Waals surface area contributed by atoms with Gasteiger partial charge in [0.05, 0.1) is 11.6 Å². The average Bonchev–Trinajstić information content (AvgIpc) is 2.46. The molecule has 0 bridgehead atoms. The molecule has 0 aliphatic heterocycles. The summed E-state index contributed by atoms with van der Waals surface area (Å²) in [5.41, 5.74) is 7.68. The first-order chi connectivity index (χ1) is 10.0. The van der Waals surface area contributed by atoms with Crippen LogP contribution in [0.4, 0.5) is 4.39 Å². The fourth-order valence-electron chi connectivity index (χ4n) is 1.95. The maximum absolute atomic E-state index is 13.3. The molecule has 0 fully saturated rings. The highest BCUT2D eigenvalue weighted by Crippen LogP contribution is 2.28. The predicted molar refractivity (Wildman–Crippen MR) is 82.2 cm³/mol. The number of nitrogens with two attached hydrogens (primary N) is 1. The largest absolute Gasteiger partial charge is 0.489 e. The molecule has 0 aliphatic rings. The lowest BCUT2D eigenvalue weighted by atomic mass is 10.1. The van der Waals surface area contributed by atoms with Crippen LogP contribution in [0.5, 0.6) is 5.75 Å². The first kappa shape index (κ1) is 15.5. The first-order valence-corrected chi connectivity index (χ1v) is 7.17. The van der Waals surface area contributed by atoms with Crippen LogP contribution in [0.2, 0.25) is 0 Å². The van der Waals surface area contributed by atoms with Gasteiger partial charge in [0.2, 0.25) is 0 Å². The third-order valence-electron chi connectivity index (χ3n) is 3.03. The zero-order valence-electron chi connectivity index (χ0n) is 11.4. The third-order valence-corrected chi connectivity index (χ3v) is 3.53. The van der Waals surface area contributed by atoms with Gasteiger partial charge in [-0.1, -0.05) is 15.9 Å². The molecule has 1 atom stereocenters. The van der Waals surface area contributed by atoms with Gasteiger partial charge in [-0.15, -0.1) is 0 Å². The van der Waals surface area contributed by atoms with Gasteiger partial charge in [0.25, 0.3) is 0 Å². The average molecular weight is 349 g/mol. The minimum atomic E-state index is -0.393. The molecule has 3 nitrogen and oxygen atoms in total. The smallest absolute Gasteiger partial charge is 0.124 e. The summed E-state index contributed by atoms with van der Waals surface area (Å²) < 4.78 is 19.9. The molecule has 0 amide bonds. The maximum atomic E-state index is 13.3. The quantitative estimate of drug-likeness (QED) is 0.906. The monoisotopic (exact) mass is 348 g/mol. The summed E-state index contributed by atoms with van der Waals surface area (Å²) in [6.45, 7) is 1.97. The van der Waals surface area contributed by atoms with Crippen molar-refractivity contribution in [3.63, 3.8) is 0 Å². The van der Waals surface area contributed by atoms with Crippen LogP contribution in [0, 0.1) is 17.1 Å². The summed E-state index contributed by atoms with van der Waals surface area (Å²) in [6.07, 6.45) is 0. The van der Waals surface area contributed by atoms with Crippen LogP contribution < -0.4 is 10.5 Å². The second-order valence-corrected chi connectivity index (χ2v) is 5.59. The van der Waals surface area contributed by atoms with E-state index in [-0.39, 0.29) is 12.6 Å². The van der Waals surface area contributed by atoms with Crippen molar-refractivity contribution in [2.75, 3.05) is 0 Å². The van der Waals surface area contributed by atoms with Crippen LogP contribution in [0.15, 0.2) is 40.9 Å². The van der Waals surface area contributed by atoms with Gasteiger partial charge in [0, 0.05) is 21.6 Å². The van der Waals surface area contributed by atoms with E-state index in [1.54, 1.807) is 6.07 Å². The summed E-state index contributed by atoms with van der Waals surface area (Å²) in [5, 5.41) is 9.03. The highest BCUT2D eigenvalue weighted by molar-refractivity contribution is 9.10. The second-order valence-electron chi connectivity index (χ2n) is 4.67. The van der Waals surface area contributed by atoms with Crippen molar-refractivity contribution < 1.29 is 9.13 Å². The minimum Gasteiger partial charge on any atom is -0.489 e. The Morgan fingerprint density at radius 3 is 2.76 bits per heavy atom. The lowest BCUT2D eigenvalue weighted by Gasteiger charge is -2.15. The number of halogens is 2. The van der Waals surface area contributed by atoms with Crippen molar-refractivity contribution in [1.82, 2.24) is 0 Å². The summed E-state index contributed by atoms with van der Waals surface area (Å²) in [5.74, 6) is 0.233. The molecule has 0 saturated heterocycles. The first-order valence-electron chi connectivity index (χ1n) is 6.37. The number of ether oxygens (including phenoxy) is 1. The zero-order valence-corrected chi connectivity index (χ0v) is 13.0. The molecule has 2 aromatic carbocycles. The van der Waals surface area contributed by atoms with E-state index in [1.807, 2.05) is 25.1 Å². The Hall–Kier alpha value is -1.90. The van der Waals surface area contributed by atoms with Gasteiger partial charge in [0.1, 0.15) is 18.2 Å². The molecule has 0 unspecified atom stereocenters. The molecule has 2 aromatic rings. The summed E-state index contributed by atoms with van der Waals surface area (Å²) in [7, 11) is 0. The SMILES string of the molecule is C[C@@H](N)c1cc(Br)ccc1OCc1cc(F)ccc1C#N. The van der Waals surface area contributed by atoms with Crippen molar-refractivity contribution in [1.29, 1.82) is 5.26 Å². The molecule has 21 heavy (non-hydrogen) atoms. The minimum absolute atomic E-state index is 0.113. The maximum Gasteiger partial charge on any atom is 0.124 e. The molecule has 2 N–H and O–H groups in total. The van der Waals surface area contributed by atoms with Crippen molar-refractivity contribution >= 4 is 15.9 Å². The molecule has 0 heterocycles. The van der Waals surface area contributed by atoms with E-state index in [9.17, 15) is 4.39 Å². The normalized spacial score (nSPS) is 11.8. The summed E-state index contributed by atoms with van der Waals surface area (Å²) in [6, 6.07) is 11.4. The zero-order chi connectivity index (χ0) is 15.4. The van der Waals surface area contributed by atoms with Gasteiger partial charge < -0.3 is 10.5 Å². The van der Waals surface area contributed by atoms with Crippen LogP contribution in [0.25, 0.3) is 0 Å². The van der Waals surface area contributed by atoms with E-state index in [0.717, 1.165) is 10.0 Å². The predicted octanol–water partition coefficient (Wildman–Crippen LogP) is 4.06. The van der Waals surface area contributed by atoms with E-state index in [2.05, 4.69) is 15.9 Å². The lowest BCUT2D eigenvalue weighted by molar-refractivity contribution is 0.300. The van der Waals surface area contributed by atoms with E-state index in [1.165, 1.54) is 18.2 Å². The van der Waals surface area contributed by atoms with E-state index >= 15 is 0 Å². The van der Waals surface area contributed by atoms with Gasteiger partial charge in [0.15, 0.2) is 0 Å². The van der Waals surface area contributed by atoms with Crippen molar-refractivity contribution in [3.8, 4) is 11.8 Å². The fraction of sp³-hybridized carbons (Fsp3) is 0.188. The molecule has 0 aromatic heterocycles. The second kappa shape index (κ2) is 6.70. The van der Waals surface area contributed by atoms with Crippen molar-refractivity contribution in [3.05, 3.63) is 63.4 Å². The Labute approximate surface area is 131 Å². The molecule has 2 rings (SSSR count). The van der Waals surface area contributed by atoms with Crippen molar-refractivity contribution in [2.24, 2.45) is 5.73 Å². The molecule has 108 valence electrons. The van der Waals surface area contributed by atoms with Gasteiger partial charge in [-0.05, 0) is 43.3 Å². The Bertz CT molecular complexity index is 695. The third kappa shape index (κ3) is 3.81. The highest BCUT2D eigenvalue weighted by Gasteiger charge is 2.11. The van der Waals surface area contributed by atoms with E-state index < -0.39 is 5.82 Å².